The number of nitrogens with zero attached hydrogens (tertiary/aromatic N) is 3. The quantitative estimate of drug-likeness (QED) is 0.816. The molecule has 3 rings (SSSR count). The van der Waals surface area contributed by atoms with Crippen molar-refractivity contribution in [2.75, 3.05) is 12.3 Å². The summed E-state index contributed by atoms with van der Waals surface area (Å²) < 4.78 is 0.602. The smallest absolute Gasteiger partial charge is 0.183 e. The molecule has 0 bridgehead atoms. The minimum atomic E-state index is 0.602. The minimum absolute atomic E-state index is 0.602. The van der Waals surface area contributed by atoms with Crippen molar-refractivity contribution in [2.45, 2.75) is 20.4 Å². The predicted octanol–water partition coefficient (Wildman–Crippen LogP) is 4.65. The number of thiazole rings is 1. The van der Waals surface area contributed by atoms with E-state index in [9.17, 15) is 0 Å². The summed E-state index contributed by atoms with van der Waals surface area (Å²) in [5, 5.41) is 1.09. The third-order valence-electron chi connectivity index (χ3n) is 3.38. The van der Waals surface area contributed by atoms with Gasteiger partial charge in [-0.15, -0.1) is 11.3 Å². The molecule has 0 unspecified atom stereocenters. The number of amidine groups is 1. The Bertz CT molecular complexity index is 661. The SMILES string of the molecule is Cc1cccc(C)c1N=C1SCCN1Cc1cnc(Cl)s1. The second-order valence-corrected chi connectivity index (χ2v) is 7.74. The maximum atomic E-state index is 5.91. The highest BCUT2D eigenvalue weighted by atomic mass is 35.5. The molecule has 1 aromatic carbocycles. The first kappa shape index (κ1) is 14.9. The number of rotatable bonds is 3. The van der Waals surface area contributed by atoms with E-state index in [1.54, 1.807) is 0 Å². The number of aliphatic imine (C=N–C) groups is 1. The molecule has 0 radical (unpaired) electrons. The van der Waals surface area contributed by atoms with Crippen molar-refractivity contribution >= 4 is 45.6 Å². The van der Waals surface area contributed by atoms with Gasteiger partial charge in [-0.05, 0) is 25.0 Å². The van der Waals surface area contributed by atoms with Crippen LogP contribution in [0, 0.1) is 13.8 Å². The van der Waals surface area contributed by atoms with Crippen molar-refractivity contribution in [2.24, 2.45) is 4.99 Å². The highest BCUT2D eigenvalue weighted by Gasteiger charge is 2.21. The van der Waals surface area contributed by atoms with Crippen molar-refractivity contribution in [3.8, 4) is 0 Å². The van der Waals surface area contributed by atoms with Crippen LogP contribution >= 0.6 is 34.7 Å². The zero-order valence-corrected chi connectivity index (χ0v) is 14.4. The fourth-order valence-corrected chi connectivity index (χ4v) is 4.29. The Labute approximate surface area is 138 Å². The maximum absolute atomic E-state index is 5.91. The highest BCUT2D eigenvalue weighted by molar-refractivity contribution is 8.14. The van der Waals surface area contributed by atoms with Crippen molar-refractivity contribution in [3.05, 3.63) is 44.9 Å². The Morgan fingerprint density at radius 1 is 1.33 bits per heavy atom. The van der Waals surface area contributed by atoms with Crippen LogP contribution in [0.1, 0.15) is 16.0 Å². The molecule has 21 heavy (non-hydrogen) atoms. The fourth-order valence-electron chi connectivity index (χ4n) is 2.31. The summed E-state index contributed by atoms with van der Waals surface area (Å²) in [4.78, 5) is 12.5. The Morgan fingerprint density at radius 2 is 2.10 bits per heavy atom. The van der Waals surface area contributed by atoms with E-state index in [-0.39, 0.29) is 0 Å². The normalized spacial score (nSPS) is 16.9. The van der Waals surface area contributed by atoms with Gasteiger partial charge in [-0.3, -0.25) is 0 Å². The molecule has 1 fully saturated rings. The van der Waals surface area contributed by atoms with Crippen LogP contribution < -0.4 is 0 Å². The molecular formula is C15H16ClN3S2. The van der Waals surface area contributed by atoms with Gasteiger partial charge in [0.15, 0.2) is 9.63 Å². The summed E-state index contributed by atoms with van der Waals surface area (Å²) >= 11 is 9.26. The number of hydrogen-bond donors (Lipinski definition) is 0. The van der Waals surface area contributed by atoms with Crippen molar-refractivity contribution in [1.82, 2.24) is 9.88 Å². The highest BCUT2D eigenvalue weighted by Crippen LogP contribution is 2.29. The molecule has 0 N–H and O–H groups in total. The molecule has 2 heterocycles. The van der Waals surface area contributed by atoms with Crippen LogP contribution in [0.3, 0.4) is 0 Å². The van der Waals surface area contributed by atoms with Gasteiger partial charge in [-0.25, -0.2) is 9.98 Å². The van der Waals surface area contributed by atoms with Crippen molar-refractivity contribution < 1.29 is 0 Å². The number of benzene rings is 1. The zero-order chi connectivity index (χ0) is 14.8. The standard InChI is InChI=1S/C15H16ClN3S2/c1-10-4-3-5-11(2)13(10)18-15-19(6-7-20-15)9-12-8-17-14(16)21-12/h3-5,8H,6-7,9H2,1-2H3. The van der Waals surface area contributed by atoms with Gasteiger partial charge in [0.2, 0.25) is 0 Å². The van der Waals surface area contributed by atoms with E-state index in [4.69, 9.17) is 16.6 Å². The summed E-state index contributed by atoms with van der Waals surface area (Å²) in [5.74, 6) is 1.08. The first-order chi connectivity index (χ1) is 10.1. The lowest BCUT2D eigenvalue weighted by molar-refractivity contribution is 0.461. The zero-order valence-electron chi connectivity index (χ0n) is 12.0. The van der Waals surface area contributed by atoms with Gasteiger partial charge >= 0.3 is 0 Å². The molecule has 2 aromatic rings. The number of thioether (sulfide) groups is 1. The second kappa shape index (κ2) is 6.38. The van der Waals surface area contributed by atoms with E-state index in [1.807, 2.05) is 18.0 Å². The van der Waals surface area contributed by atoms with Gasteiger partial charge in [0.05, 0.1) is 12.2 Å². The topological polar surface area (TPSA) is 28.5 Å². The number of aryl methyl sites for hydroxylation is 2. The summed E-state index contributed by atoms with van der Waals surface area (Å²) in [5.41, 5.74) is 3.53. The number of halogens is 1. The predicted molar refractivity (Wildman–Crippen MR) is 93.0 cm³/mol. The molecule has 0 aliphatic carbocycles. The molecular weight excluding hydrogens is 322 g/mol. The average Bonchev–Trinajstić information content (AvgIpc) is 3.04. The largest absolute Gasteiger partial charge is 0.345 e. The van der Waals surface area contributed by atoms with Crippen LogP contribution in [0.25, 0.3) is 0 Å². The minimum Gasteiger partial charge on any atom is -0.345 e. The van der Waals surface area contributed by atoms with Crippen LogP contribution in [-0.2, 0) is 6.54 Å². The summed E-state index contributed by atoms with van der Waals surface area (Å²) in [6.45, 7) is 6.07. The van der Waals surface area contributed by atoms with Crippen LogP contribution in [0.2, 0.25) is 4.47 Å². The Kier molecular flexibility index (Phi) is 4.52. The molecule has 6 heteroatoms. The van der Waals surface area contributed by atoms with Gasteiger partial charge < -0.3 is 4.90 Å². The van der Waals surface area contributed by atoms with E-state index in [2.05, 4.69) is 41.9 Å². The summed E-state index contributed by atoms with van der Waals surface area (Å²) in [7, 11) is 0. The molecule has 1 saturated heterocycles. The Hall–Kier alpha value is -1.04. The third kappa shape index (κ3) is 3.42. The second-order valence-electron chi connectivity index (χ2n) is 4.98. The summed E-state index contributed by atoms with van der Waals surface area (Å²) in [6.07, 6.45) is 1.85. The monoisotopic (exact) mass is 337 g/mol. The van der Waals surface area contributed by atoms with Crippen molar-refractivity contribution in [3.63, 3.8) is 0 Å². The third-order valence-corrected chi connectivity index (χ3v) is 5.48. The van der Waals surface area contributed by atoms with Crippen LogP contribution in [0.15, 0.2) is 29.4 Å². The van der Waals surface area contributed by atoms with Gasteiger partial charge in [-0.2, -0.15) is 0 Å². The van der Waals surface area contributed by atoms with Gasteiger partial charge in [0, 0.05) is 23.4 Å². The Morgan fingerprint density at radius 3 is 2.76 bits per heavy atom. The van der Waals surface area contributed by atoms with Crippen LogP contribution in [0.4, 0.5) is 5.69 Å². The lowest BCUT2D eigenvalue weighted by atomic mass is 10.1. The lowest BCUT2D eigenvalue weighted by Crippen LogP contribution is -2.23. The average molecular weight is 338 g/mol. The number of aromatic nitrogens is 1. The molecule has 1 aromatic heterocycles. The van der Waals surface area contributed by atoms with Crippen molar-refractivity contribution in [1.29, 1.82) is 0 Å². The van der Waals surface area contributed by atoms with Crippen LogP contribution in [0.5, 0.6) is 0 Å². The molecule has 1 aliphatic heterocycles. The molecule has 0 saturated carbocycles. The molecule has 110 valence electrons. The number of hydrogen-bond acceptors (Lipinski definition) is 4. The molecule has 0 atom stereocenters. The fraction of sp³-hybridized carbons (Fsp3) is 0.333. The van der Waals surface area contributed by atoms with Gasteiger partial charge in [0.25, 0.3) is 0 Å². The van der Waals surface area contributed by atoms with E-state index in [0.29, 0.717) is 4.47 Å². The molecule has 0 spiro atoms. The first-order valence-electron chi connectivity index (χ1n) is 6.76. The van der Waals surface area contributed by atoms with Gasteiger partial charge in [-0.1, -0.05) is 41.6 Å². The van der Waals surface area contributed by atoms with E-state index in [1.165, 1.54) is 27.3 Å². The maximum Gasteiger partial charge on any atom is 0.183 e. The van der Waals surface area contributed by atoms with E-state index in [0.717, 1.165) is 29.7 Å². The molecule has 1 aliphatic rings. The molecule has 0 amide bonds. The summed E-state index contributed by atoms with van der Waals surface area (Å²) in [6, 6.07) is 6.30. The van der Waals surface area contributed by atoms with E-state index < -0.39 is 0 Å². The lowest BCUT2D eigenvalue weighted by Gasteiger charge is -2.17. The van der Waals surface area contributed by atoms with Crippen LogP contribution in [-0.4, -0.2) is 27.3 Å². The van der Waals surface area contributed by atoms with E-state index >= 15 is 0 Å². The van der Waals surface area contributed by atoms with Gasteiger partial charge in [0.1, 0.15) is 0 Å². The molecule has 3 nitrogen and oxygen atoms in total. The number of para-hydroxylation sites is 1. The Balaban J connectivity index is 1.85. The first-order valence-corrected chi connectivity index (χ1v) is 8.94.